The molecular formula is C30H27ClFN5O2. The number of benzene rings is 3. The lowest BCUT2D eigenvalue weighted by molar-refractivity contribution is -0.132. The van der Waals surface area contributed by atoms with Gasteiger partial charge >= 0.3 is 0 Å². The zero-order valence-corrected chi connectivity index (χ0v) is 22.0. The first-order valence-electron chi connectivity index (χ1n) is 12.7. The lowest BCUT2D eigenvalue weighted by atomic mass is 10.1. The predicted molar refractivity (Wildman–Crippen MR) is 149 cm³/mol. The molecule has 2 amide bonds. The van der Waals surface area contributed by atoms with Gasteiger partial charge in [0.05, 0.1) is 16.3 Å². The third kappa shape index (κ3) is 6.41. The molecule has 7 nitrogen and oxygen atoms in total. The summed E-state index contributed by atoms with van der Waals surface area (Å²) in [5.41, 5.74) is 2.84. The zero-order chi connectivity index (χ0) is 27.2. The fourth-order valence-electron chi connectivity index (χ4n) is 4.52. The highest BCUT2D eigenvalue weighted by Crippen LogP contribution is 2.21. The van der Waals surface area contributed by atoms with Crippen molar-refractivity contribution >= 4 is 29.2 Å². The Morgan fingerprint density at radius 1 is 0.821 bits per heavy atom. The standard InChI is InChI=1S/C30H27ClFN5O2/c31-26-9-5-4-8-25(26)30(39)37(20-22-10-12-24(32)13-11-22)21-29(38)36-18-16-35(17-19-36)28-15-14-27(33-34-28)23-6-2-1-3-7-23/h1-15H,16-21H2. The summed E-state index contributed by atoms with van der Waals surface area (Å²) in [5, 5.41) is 9.08. The Kier molecular flexibility index (Phi) is 8.13. The average molecular weight is 544 g/mol. The number of piperazine rings is 1. The fraction of sp³-hybridized carbons (Fsp3) is 0.200. The molecule has 2 heterocycles. The highest BCUT2D eigenvalue weighted by Gasteiger charge is 2.27. The number of rotatable bonds is 7. The van der Waals surface area contributed by atoms with E-state index in [-0.39, 0.29) is 30.7 Å². The van der Waals surface area contributed by atoms with Crippen LogP contribution in [0.25, 0.3) is 11.3 Å². The van der Waals surface area contributed by atoms with Crippen molar-refractivity contribution < 1.29 is 14.0 Å². The lowest BCUT2D eigenvalue weighted by Gasteiger charge is -2.36. The molecule has 0 aliphatic carbocycles. The minimum atomic E-state index is -0.365. The van der Waals surface area contributed by atoms with E-state index in [1.807, 2.05) is 42.5 Å². The molecule has 1 aromatic heterocycles. The van der Waals surface area contributed by atoms with E-state index >= 15 is 0 Å². The number of nitrogens with zero attached hydrogens (tertiary/aromatic N) is 5. The quantitative estimate of drug-likeness (QED) is 0.331. The molecule has 5 rings (SSSR count). The molecule has 0 unspecified atom stereocenters. The number of hydrogen-bond acceptors (Lipinski definition) is 5. The van der Waals surface area contributed by atoms with E-state index in [1.54, 1.807) is 41.3 Å². The van der Waals surface area contributed by atoms with E-state index in [4.69, 9.17) is 11.6 Å². The third-order valence-electron chi connectivity index (χ3n) is 6.68. The van der Waals surface area contributed by atoms with Crippen LogP contribution in [0, 0.1) is 5.82 Å². The van der Waals surface area contributed by atoms with Gasteiger partial charge in [0, 0.05) is 38.3 Å². The molecule has 0 radical (unpaired) electrons. The summed E-state index contributed by atoms with van der Waals surface area (Å²) in [4.78, 5) is 32.0. The van der Waals surface area contributed by atoms with Gasteiger partial charge in [0.25, 0.3) is 5.91 Å². The fourth-order valence-corrected chi connectivity index (χ4v) is 4.74. The number of carbonyl (C=O) groups excluding carboxylic acids is 2. The van der Waals surface area contributed by atoms with Crippen molar-refractivity contribution in [3.05, 3.63) is 113 Å². The van der Waals surface area contributed by atoms with Crippen LogP contribution in [-0.2, 0) is 11.3 Å². The van der Waals surface area contributed by atoms with Crippen LogP contribution >= 0.6 is 11.6 Å². The van der Waals surface area contributed by atoms with Crippen LogP contribution in [0.5, 0.6) is 0 Å². The van der Waals surface area contributed by atoms with Crippen molar-refractivity contribution in [2.75, 3.05) is 37.6 Å². The summed E-state index contributed by atoms with van der Waals surface area (Å²) in [6.07, 6.45) is 0. The Labute approximate surface area is 231 Å². The molecule has 3 aromatic carbocycles. The van der Waals surface area contributed by atoms with Crippen molar-refractivity contribution in [1.82, 2.24) is 20.0 Å². The Balaban J connectivity index is 1.24. The molecule has 9 heteroatoms. The normalized spacial score (nSPS) is 13.3. The van der Waals surface area contributed by atoms with Crippen LogP contribution in [0.15, 0.2) is 91.0 Å². The van der Waals surface area contributed by atoms with Crippen LogP contribution in [0.1, 0.15) is 15.9 Å². The zero-order valence-electron chi connectivity index (χ0n) is 21.2. The summed E-state index contributed by atoms with van der Waals surface area (Å²) in [6, 6.07) is 26.4. The van der Waals surface area contributed by atoms with E-state index in [2.05, 4.69) is 15.1 Å². The van der Waals surface area contributed by atoms with Gasteiger partial charge in [-0.2, -0.15) is 0 Å². The Morgan fingerprint density at radius 3 is 2.18 bits per heavy atom. The number of carbonyl (C=O) groups is 2. The highest BCUT2D eigenvalue weighted by molar-refractivity contribution is 6.33. The minimum Gasteiger partial charge on any atom is -0.352 e. The summed E-state index contributed by atoms with van der Waals surface area (Å²) in [5.74, 6) is -0.127. The second-order valence-corrected chi connectivity index (χ2v) is 9.69. The van der Waals surface area contributed by atoms with E-state index in [9.17, 15) is 14.0 Å². The maximum atomic E-state index is 13.4. The Hall–Kier alpha value is -4.30. The lowest BCUT2D eigenvalue weighted by Crippen LogP contribution is -2.52. The van der Waals surface area contributed by atoms with Gasteiger partial charge in [-0.3, -0.25) is 9.59 Å². The summed E-state index contributed by atoms with van der Waals surface area (Å²) >= 11 is 6.28. The topological polar surface area (TPSA) is 69.6 Å². The SMILES string of the molecule is O=C(CN(Cc1ccc(F)cc1)C(=O)c1ccccc1Cl)N1CCN(c2ccc(-c3ccccc3)nn2)CC1. The second-order valence-electron chi connectivity index (χ2n) is 9.28. The molecule has 1 aliphatic rings. The van der Waals surface area contributed by atoms with Crippen LogP contribution in [0.3, 0.4) is 0 Å². The minimum absolute atomic E-state index is 0.118. The molecule has 0 spiro atoms. The van der Waals surface area contributed by atoms with Crippen LogP contribution < -0.4 is 4.90 Å². The maximum absolute atomic E-state index is 13.4. The van der Waals surface area contributed by atoms with E-state index in [0.717, 1.165) is 17.1 Å². The molecular weight excluding hydrogens is 517 g/mol. The molecule has 1 fully saturated rings. The highest BCUT2D eigenvalue weighted by atomic mass is 35.5. The average Bonchev–Trinajstić information content (AvgIpc) is 2.98. The molecule has 1 saturated heterocycles. The van der Waals surface area contributed by atoms with E-state index in [1.165, 1.54) is 17.0 Å². The summed E-state index contributed by atoms with van der Waals surface area (Å²) in [6.45, 7) is 2.21. The van der Waals surface area contributed by atoms with Crippen LogP contribution in [0.4, 0.5) is 10.2 Å². The molecule has 4 aromatic rings. The van der Waals surface area contributed by atoms with Gasteiger partial charge in [-0.25, -0.2) is 4.39 Å². The monoisotopic (exact) mass is 543 g/mol. The molecule has 0 N–H and O–H groups in total. The number of amides is 2. The predicted octanol–water partition coefficient (Wildman–Crippen LogP) is 4.93. The first kappa shape index (κ1) is 26.3. The first-order valence-corrected chi connectivity index (χ1v) is 13.1. The van der Waals surface area contributed by atoms with Gasteiger partial charge < -0.3 is 14.7 Å². The number of halogens is 2. The van der Waals surface area contributed by atoms with Crippen molar-refractivity contribution in [3.8, 4) is 11.3 Å². The number of aromatic nitrogens is 2. The molecule has 0 atom stereocenters. The van der Waals surface area contributed by atoms with Gasteiger partial charge in [-0.15, -0.1) is 10.2 Å². The van der Waals surface area contributed by atoms with Crippen molar-refractivity contribution in [2.45, 2.75) is 6.54 Å². The largest absolute Gasteiger partial charge is 0.352 e. The summed E-state index contributed by atoms with van der Waals surface area (Å²) < 4.78 is 13.4. The number of hydrogen-bond donors (Lipinski definition) is 0. The number of anilines is 1. The van der Waals surface area contributed by atoms with E-state index in [0.29, 0.717) is 42.3 Å². The molecule has 198 valence electrons. The smallest absolute Gasteiger partial charge is 0.256 e. The van der Waals surface area contributed by atoms with Gasteiger partial charge in [0.1, 0.15) is 12.4 Å². The van der Waals surface area contributed by atoms with Crippen molar-refractivity contribution in [3.63, 3.8) is 0 Å². The summed E-state index contributed by atoms with van der Waals surface area (Å²) in [7, 11) is 0. The molecule has 1 aliphatic heterocycles. The van der Waals surface area contributed by atoms with Gasteiger partial charge in [0.2, 0.25) is 5.91 Å². The van der Waals surface area contributed by atoms with Gasteiger partial charge in [-0.1, -0.05) is 66.2 Å². The van der Waals surface area contributed by atoms with Crippen molar-refractivity contribution in [1.29, 1.82) is 0 Å². The Bertz CT molecular complexity index is 1430. The second kappa shape index (κ2) is 12.0. The Morgan fingerprint density at radius 2 is 1.51 bits per heavy atom. The third-order valence-corrected chi connectivity index (χ3v) is 7.01. The molecule has 0 saturated carbocycles. The van der Waals surface area contributed by atoms with Crippen LogP contribution in [-0.4, -0.2) is 64.5 Å². The van der Waals surface area contributed by atoms with E-state index < -0.39 is 0 Å². The molecule has 0 bridgehead atoms. The van der Waals surface area contributed by atoms with Gasteiger partial charge in [-0.05, 0) is 42.0 Å². The van der Waals surface area contributed by atoms with Gasteiger partial charge in [0.15, 0.2) is 5.82 Å². The maximum Gasteiger partial charge on any atom is 0.256 e. The van der Waals surface area contributed by atoms with Crippen LogP contribution in [0.2, 0.25) is 5.02 Å². The first-order chi connectivity index (χ1) is 19.0. The van der Waals surface area contributed by atoms with Crippen molar-refractivity contribution in [2.24, 2.45) is 0 Å². The molecule has 39 heavy (non-hydrogen) atoms.